The standard InChI is InChI=1S/C16H10N2O4/c17-14(20)12-5-8(1-2-10(12)7-19)9-3-4-11-13(6-9)16(22)18-15(11)21/h1-7H,(H2,17,20)(H,18,21,22). The van der Waals surface area contributed by atoms with Gasteiger partial charge in [0.2, 0.25) is 5.91 Å². The Hall–Kier alpha value is -3.28. The first kappa shape index (κ1) is 13.7. The van der Waals surface area contributed by atoms with Crippen LogP contribution < -0.4 is 11.1 Å². The highest BCUT2D eigenvalue weighted by Gasteiger charge is 2.26. The van der Waals surface area contributed by atoms with Crippen molar-refractivity contribution in [1.82, 2.24) is 5.32 Å². The van der Waals surface area contributed by atoms with E-state index in [0.29, 0.717) is 23.0 Å². The molecule has 2 aromatic carbocycles. The highest BCUT2D eigenvalue weighted by Crippen LogP contribution is 2.26. The van der Waals surface area contributed by atoms with Gasteiger partial charge in [-0.2, -0.15) is 0 Å². The second-order valence-electron chi connectivity index (χ2n) is 4.83. The Morgan fingerprint density at radius 1 is 0.955 bits per heavy atom. The smallest absolute Gasteiger partial charge is 0.258 e. The molecule has 108 valence electrons. The van der Waals surface area contributed by atoms with Crippen LogP contribution >= 0.6 is 0 Å². The number of nitrogens with two attached hydrogens (primary N) is 1. The zero-order valence-corrected chi connectivity index (χ0v) is 11.3. The van der Waals surface area contributed by atoms with Gasteiger partial charge in [0.25, 0.3) is 11.8 Å². The van der Waals surface area contributed by atoms with Crippen LogP contribution in [0, 0.1) is 0 Å². The van der Waals surface area contributed by atoms with Gasteiger partial charge in [0.05, 0.1) is 16.7 Å². The first-order chi connectivity index (χ1) is 10.5. The van der Waals surface area contributed by atoms with E-state index < -0.39 is 17.7 Å². The lowest BCUT2D eigenvalue weighted by molar-refractivity contribution is 0.0878. The summed E-state index contributed by atoms with van der Waals surface area (Å²) in [5, 5.41) is 2.21. The Bertz CT molecular complexity index is 846. The summed E-state index contributed by atoms with van der Waals surface area (Å²) in [6.45, 7) is 0. The third-order valence-corrected chi connectivity index (χ3v) is 3.51. The molecule has 0 atom stereocenters. The average molecular weight is 294 g/mol. The van der Waals surface area contributed by atoms with Gasteiger partial charge in [-0.05, 0) is 29.3 Å². The largest absolute Gasteiger partial charge is 0.366 e. The number of aldehydes is 1. The molecule has 0 radical (unpaired) electrons. The molecule has 1 aliphatic rings. The van der Waals surface area contributed by atoms with Gasteiger partial charge in [-0.3, -0.25) is 24.5 Å². The minimum absolute atomic E-state index is 0.105. The van der Waals surface area contributed by atoms with E-state index in [-0.39, 0.29) is 16.7 Å². The number of carbonyl (C=O) groups is 4. The Morgan fingerprint density at radius 3 is 2.27 bits per heavy atom. The molecule has 1 aliphatic heterocycles. The van der Waals surface area contributed by atoms with Crippen molar-refractivity contribution in [3.05, 3.63) is 58.7 Å². The van der Waals surface area contributed by atoms with Crippen LogP contribution in [0.1, 0.15) is 41.4 Å². The quantitative estimate of drug-likeness (QED) is 0.654. The van der Waals surface area contributed by atoms with Crippen molar-refractivity contribution < 1.29 is 19.2 Å². The topological polar surface area (TPSA) is 106 Å². The maximum Gasteiger partial charge on any atom is 0.258 e. The number of amides is 3. The summed E-state index contributed by atoms with van der Waals surface area (Å²) in [5.74, 6) is -1.60. The van der Waals surface area contributed by atoms with Gasteiger partial charge < -0.3 is 5.73 Å². The van der Waals surface area contributed by atoms with E-state index in [1.807, 2.05) is 0 Å². The van der Waals surface area contributed by atoms with Crippen molar-refractivity contribution in [3.8, 4) is 11.1 Å². The molecule has 6 heteroatoms. The van der Waals surface area contributed by atoms with Crippen molar-refractivity contribution in [2.75, 3.05) is 0 Å². The summed E-state index contributed by atoms with van der Waals surface area (Å²) < 4.78 is 0. The molecule has 3 N–H and O–H groups in total. The van der Waals surface area contributed by atoms with E-state index in [1.54, 1.807) is 24.3 Å². The predicted molar refractivity (Wildman–Crippen MR) is 77.6 cm³/mol. The molecule has 0 fully saturated rings. The summed E-state index contributed by atoms with van der Waals surface area (Å²) in [4.78, 5) is 45.5. The Labute approximate surface area is 124 Å². The molecule has 0 saturated carbocycles. The van der Waals surface area contributed by atoms with Crippen molar-refractivity contribution in [2.45, 2.75) is 0 Å². The fourth-order valence-corrected chi connectivity index (χ4v) is 2.40. The van der Waals surface area contributed by atoms with Gasteiger partial charge >= 0.3 is 0 Å². The van der Waals surface area contributed by atoms with Crippen LogP contribution in [0.15, 0.2) is 36.4 Å². The lowest BCUT2D eigenvalue weighted by Crippen LogP contribution is -2.19. The van der Waals surface area contributed by atoms with Crippen LogP contribution in [0.2, 0.25) is 0 Å². The van der Waals surface area contributed by atoms with Gasteiger partial charge in [-0.25, -0.2) is 0 Å². The fourth-order valence-electron chi connectivity index (χ4n) is 2.40. The van der Waals surface area contributed by atoms with E-state index in [0.717, 1.165) is 0 Å². The van der Waals surface area contributed by atoms with E-state index in [4.69, 9.17) is 5.73 Å². The first-order valence-corrected chi connectivity index (χ1v) is 6.40. The van der Waals surface area contributed by atoms with Crippen LogP contribution in [0.3, 0.4) is 0 Å². The normalized spacial score (nSPS) is 12.7. The highest BCUT2D eigenvalue weighted by atomic mass is 16.2. The number of hydrogen-bond acceptors (Lipinski definition) is 4. The van der Waals surface area contributed by atoms with E-state index in [1.165, 1.54) is 12.1 Å². The summed E-state index contributed by atoms with van der Waals surface area (Å²) in [5.41, 5.74) is 7.42. The second kappa shape index (κ2) is 4.92. The van der Waals surface area contributed by atoms with Crippen LogP contribution in [-0.4, -0.2) is 24.0 Å². The lowest BCUT2D eigenvalue weighted by Gasteiger charge is -2.07. The minimum atomic E-state index is -0.710. The second-order valence-corrected chi connectivity index (χ2v) is 4.83. The van der Waals surface area contributed by atoms with Gasteiger partial charge in [0.15, 0.2) is 6.29 Å². The maximum atomic E-state index is 11.7. The number of hydrogen-bond donors (Lipinski definition) is 2. The maximum absolute atomic E-state index is 11.7. The molecule has 22 heavy (non-hydrogen) atoms. The molecule has 1 heterocycles. The molecule has 3 rings (SSSR count). The molecule has 3 amide bonds. The monoisotopic (exact) mass is 294 g/mol. The summed E-state index contributed by atoms with van der Waals surface area (Å²) in [7, 11) is 0. The van der Waals surface area contributed by atoms with Gasteiger partial charge in [-0.15, -0.1) is 0 Å². The zero-order chi connectivity index (χ0) is 15.9. The Morgan fingerprint density at radius 2 is 1.59 bits per heavy atom. The van der Waals surface area contributed by atoms with Crippen LogP contribution in [0.5, 0.6) is 0 Å². The van der Waals surface area contributed by atoms with Crippen molar-refractivity contribution in [2.24, 2.45) is 5.73 Å². The van der Waals surface area contributed by atoms with Crippen LogP contribution in [-0.2, 0) is 0 Å². The SMILES string of the molecule is NC(=O)c1cc(-c2ccc3c(c2)C(=O)NC3=O)ccc1C=O. The molecule has 0 bridgehead atoms. The van der Waals surface area contributed by atoms with E-state index in [9.17, 15) is 19.2 Å². The Balaban J connectivity index is 2.13. The lowest BCUT2D eigenvalue weighted by atomic mass is 9.96. The number of benzene rings is 2. The predicted octanol–water partition coefficient (Wildman–Crippen LogP) is 1.15. The number of carbonyl (C=O) groups excluding carboxylic acids is 4. The van der Waals surface area contributed by atoms with Crippen LogP contribution in [0.25, 0.3) is 11.1 Å². The summed E-state index contributed by atoms with van der Waals surface area (Å²) in [6, 6.07) is 9.40. The van der Waals surface area contributed by atoms with Crippen molar-refractivity contribution >= 4 is 24.0 Å². The third-order valence-electron chi connectivity index (χ3n) is 3.51. The average Bonchev–Trinajstić information content (AvgIpc) is 2.81. The number of nitrogens with one attached hydrogen (secondary N) is 1. The molecule has 0 spiro atoms. The van der Waals surface area contributed by atoms with Gasteiger partial charge in [-0.1, -0.05) is 18.2 Å². The molecule has 2 aromatic rings. The van der Waals surface area contributed by atoms with E-state index in [2.05, 4.69) is 5.32 Å². The number of rotatable bonds is 3. The number of imide groups is 1. The molecule has 0 unspecified atom stereocenters. The minimum Gasteiger partial charge on any atom is -0.366 e. The van der Waals surface area contributed by atoms with Crippen molar-refractivity contribution in [3.63, 3.8) is 0 Å². The first-order valence-electron chi connectivity index (χ1n) is 6.40. The molecular formula is C16H10N2O4. The van der Waals surface area contributed by atoms with Gasteiger partial charge in [0, 0.05) is 5.56 Å². The number of fused-ring (bicyclic) bond motifs is 1. The summed E-state index contributed by atoms with van der Waals surface area (Å²) in [6.07, 6.45) is 0.554. The molecule has 6 nitrogen and oxygen atoms in total. The van der Waals surface area contributed by atoms with Crippen molar-refractivity contribution in [1.29, 1.82) is 0 Å². The zero-order valence-electron chi connectivity index (χ0n) is 11.3. The highest BCUT2D eigenvalue weighted by molar-refractivity contribution is 6.21. The molecule has 0 saturated heterocycles. The van der Waals surface area contributed by atoms with Gasteiger partial charge in [0.1, 0.15) is 0 Å². The fraction of sp³-hybridized carbons (Fsp3) is 0. The molecular weight excluding hydrogens is 284 g/mol. The van der Waals surface area contributed by atoms with E-state index >= 15 is 0 Å². The van der Waals surface area contributed by atoms with Crippen LogP contribution in [0.4, 0.5) is 0 Å². The third kappa shape index (κ3) is 2.07. The Kier molecular flexibility index (Phi) is 3.06. The molecule has 0 aromatic heterocycles. The molecule has 0 aliphatic carbocycles. The number of primary amides is 1. The summed E-state index contributed by atoms with van der Waals surface area (Å²) >= 11 is 0.